The van der Waals surface area contributed by atoms with Gasteiger partial charge >= 0.3 is 0 Å². The minimum atomic E-state index is 0.562. The third-order valence-electron chi connectivity index (χ3n) is 3.72. The second-order valence-corrected chi connectivity index (χ2v) is 5.39. The maximum absolute atomic E-state index is 4.24. The maximum atomic E-state index is 4.24. The zero-order chi connectivity index (χ0) is 11.5. The Labute approximate surface area is 105 Å². The molecule has 0 aliphatic heterocycles. The number of nitrogens with zero attached hydrogens (tertiary/aromatic N) is 2. The fraction of sp³-hybridized carbons (Fsp3) is 0.667. The highest BCUT2D eigenvalue weighted by atomic mass is 79.9. The van der Waals surface area contributed by atoms with Gasteiger partial charge in [-0.15, -0.1) is 0 Å². The number of aromatic nitrogens is 2. The quantitative estimate of drug-likeness (QED) is 0.863. The van der Waals surface area contributed by atoms with E-state index in [2.05, 4.69) is 45.1 Å². The van der Waals surface area contributed by atoms with Gasteiger partial charge in [0.15, 0.2) is 0 Å². The molecule has 88 valence electrons. The SMILES string of the molecule is CCC1CCC(Nc2cc(Br)ncn2)C1C. The molecule has 1 aromatic heterocycles. The van der Waals surface area contributed by atoms with Gasteiger partial charge in [0.05, 0.1) is 0 Å². The van der Waals surface area contributed by atoms with Crippen LogP contribution in [0.15, 0.2) is 17.0 Å². The van der Waals surface area contributed by atoms with Crippen molar-refractivity contribution in [1.82, 2.24) is 9.97 Å². The van der Waals surface area contributed by atoms with Crippen molar-refractivity contribution < 1.29 is 0 Å². The summed E-state index contributed by atoms with van der Waals surface area (Å²) in [5, 5.41) is 3.51. The second kappa shape index (κ2) is 5.13. The van der Waals surface area contributed by atoms with Gasteiger partial charge in [0.25, 0.3) is 0 Å². The summed E-state index contributed by atoms with van der Waals surface area (Å²) in [5.41, 5.74) is 0. The molecule has 16 heavy (non-hydrogen) atoms. The van der Waals surface area contributed by atoms with E-state index in [1.54, 1.807) is 6.33 Å². The summed E-state index contributed by atoms with van der Waals surface area (Å²) in [5.74, 6) is 2.52. The molecule has 1 saturated carbocycles. The third kappa shape index (κ3) is 2.54. The predicted octanol–water partition coefficient (Wildman–Crippen LogP) is 3.48. The standard InChI is InChI=1S/C12H18BrN3/c1-3-9-4-5-10(8(9)2)16-12-6-11(13)14-7-15-12/h6-10H,3-5H2,1-2H3,(H,14,15,16). The number of halogens is 1. The van der Waals surface area contributed by atoms with E-state index in [0.717, 1.165) is 22.3 Å². The van der Waals surface area contributed by atoms with Crippen molar-refractivity contribution in [2.24, 2.45) is 11.8 Å². The van der Waals surface area contributed by atoms with E-state index in [1.807, 2.05) is 6.07 Å². The van der Waals surface area contributed by atoms with Crippen LogP contribution in [0.1, 0.15) is 33.1 Å². The Morgan fingerprint density at radius 2 is 2.25 bits per heavy atom. The van der Waals surface area contributed by atoms with Crippen LogP contribution in [0.2, 0.25) is 0 Å². The molecule has 3 nitrogen and oxygen atoms in total. The third-order valence-corrected chi connectivity index (χ3v) is 4.15. The summed E-state index contributed by atoms with van der Waals surface area (Å²) in [7, 11) is 0. The van der Waals surface area contributed by atoms with E-state index in [-0.39, 0.29) is 0 Å². The van der Waals surface area contributed by atoms with E-state index in [1.165, 1.54) is 19.3 Å². The van der Waals surface area contributed by atoms with E-state index in [4.69, 9.17) is 0 Å². The van der Waals surface area contributed by atoms with Crippen molar-refractivity contribution in [3.63, 3.8) is 0 Å². The van der Waals surface area contributed by atoms with Crippen molar-refractivity contribution in [2.75, 3.05) is 5.32 Å². The summed E-state index contributed by atoms with van der Waals surface area (Å²) in [4.78, 5) is 8.27. The number of anilines is 1. The van der Waals surface area contributed by atoms with Crippen LogP contribution in [0.25, 0.3) is 0 Å². The minimum absolute atomic E-state index is 0.562. The molecule has 1 aliphatic carbocycles. The fourth-order valence-electron chi connectivity index (χ4n) is 2.63. The number of nitrogens with one attached hydrogen (secondary N) is 1. The molecular weight excluding hydrogens is 266 g/mol. The highest BCUT2D eigenvalue weighted by Gasteiger charge is 2.31. The van der Waals surface area contributed by atoms with Crippen molar-refractivity contribution in [2.45, 2.75) is 39.2 Å². The average molecular weight is 284 g/mol. The molecular formula is C12H18BrN3. The molecule has 2 rings (SSSR count). The van der Waals surface area contributed by atoms with Gasteiger partial charge in [-0.1, -0.05) is 20.3 Å². The van der Waals surface area contributed by atoms with Crippen LogP contribution in [-0.4, -0.2) is 16.0 Å². The number of rotatable bonds is 3. The molecule has 0 aromatic carbocycles. The molecule has 1 fully saturated rings. The van der Waals surface area contributed by atoms with Crippen LogP contribution < -0.4 is 5.32 Å². The molecule has 0 radical (unpaired) electrons. The lowest BCUT2D eigenvalue weighted by Crippen LogP contribution is -2.25. The molecule has 0 spiro atoms. The van der Waals surface area contributed by atoms with Crippen LogP contribution in [0.5, 0.6) is 0 Å². The Hall–Kier alpha value is -0.640. The molecule has 3 atom stereocenters. The molecule has 1 heterocycles. The summed E-state index contributed by atoms with van der Waals surface area (Å²) in [6, 6.07) is 2.50. The van der Waals surface area contributed by atoms with Gasteiger partial charge in [-0.2, -0.15) is 0 Å². The Balaban J connectivity index is 2.00. The van der Waals surface area contributed by atoms with Crippen molar-refractivity contribution in [3.05, 3.63) is 17.0 Å². The molecule has 3 unspecified atom stereocenters. The summed E-state index contributed by atoms with van der Waals surface area (Å²) < 4.78 is 0.836. The maximum Gasteiger partial charge on any atom is 0.130 e. The second-order valence-electron chi connectivity index (χ2n) is 4.58. The summed E-state index contributed by atoms with van der Waals surface area (Å²) in [6.07, 6.45) is 5.46. The van der Waals surface area contributed by atoms with E-state index < -0.39 is 0 Å². The molecule has 0 saturated heterocycles. The van der Waals surface area contributed by atoms with E-state index in [0.29, 0.717) is 6.04 Å². The Morgan fingerprint density at radius 1 is 1.44 bits per heavy atom. The van der Waals surface area contributed by atoms with Gasteiger partial charge in [-0.3, -0.25) is 0 Å². The zero-order valence-electron chi connectivity index (χ0n) is 9.78. The van der Waals surface area contributed by atoms with Crippen molar-refractivity contribution >= 4 is 21.7 Å². The first-order valence-electron chi connectivity index (χ1n) is 5.94. The zero-order valence-corrected chi connectivity index (χ0v) is 11.4. The van der Waals surface area contributed by atoms with Crippen LogP contribution in [-0.2, 0) is 0 Å². The highest BCUT2D eigenvalue weighted by molar-refractivity contribution is 9.10. The van der Waals surface area contributed by atoms with Gasteiger partial charge in [0.1, 0.15) is 16.7 Å². The number of hydrogen-bond acceptors (Lipinski definition) is 3. The van der Waals surface area contributed by atoms with Gasteiger partial charge in [0, 0.05) is 12.1 Å². The number of hydrogen-bond donors (Lipinski definition) is 1. The first kappa shape index (κ1) is 11.8. The molecule has 0 amide bonds. The first-order valence-corrected chi connectivity index (χ1v) is 6.74. The van der Waals surface area contributed by atoms with Crippen molar-refractivity contribution in [1.29, 1.82) is 0 Å². The molecule has 1 N–H and O–H groups in total. The Bertz CT molecular complexity index is 356. The normalized spacial score (nSPS) is 29.3. The molecule has 0 bridgehead atoms. The van der Waals surface area contributed by atoms with Crippen LogP contribution in [0, 0.1) is 11.8 Å². The minimum Gasteiger partial charge on any atom is -0.367 e. The van der Waals surface area contributed by atoms with E-state index in [9.17, 15) is 0 Å². The van der Waals surface area contributed by atoms with Gasteiger partial charge in [0.2, 0.25) is 0 Å². The lowest BCUT2D eigenvalue weighted by Gasteiger charge is -2.21. The lowest BCUT2D eigenvalue weighted by molar-refractivity contribution is 0.391. The van der Waals surface area contributed by atoms with Crippen LogP contribution >= 0.6 is 15.9 Å². The highest BCUT2D eigenvalue weighted by Crippen LogP contribution is 2.35. The summed E-state index contributed by atoms with van der Waals surface area (Å²) >= 11 is 3.36. The fourth-order valence-corrected chi connectivity index (χ4v) is 2.94. The van der Waals surface area contributed by atoms with Gasteiger partial charge < -0.3 is 5.32 Å². The van der Waals surface area contributed by atoms with Gasteiger partial charge in [-0.05, 0) is 40.6 Å². The van der Waals surface area contributed by atoms with Crippen LogP contribution in [0.3, 0.4) is 0 Å². The molecule has 1 aliphatic rings. The Kier molecular flexibility index (Phi) is 3.79. The van der Waals surface area contributed by atoms with Crippen LogP contribution in [0.4, 0.5) is 5.82 Å². The van der Waals surface area contributed by atoms with Gasteiger partial charge in [-0.25, -0.2) is 9.97 Å². The Morgan fingerprint density at radius 3 is 2.88 bits per heavy atom. The molecule has 1 aromatic rings. The first-order chi connectivity index (χ1) is 7.70. The predicted molar refractivity (Wildman–Crippen MR) is 69.3 cm³/mol. The monoisotopic (exact) mass is 283 g/mol. The summed E-state index contributed by atoms with van der Waals surface area (Å²) in [6.45, 7) is 4.62. The van der Waals surface area contributed by atoms with Crippen molar-refractivity contribution in [3.8, 4) is 0 Å². The lowest BCUT2D eigenvalue weighted by atomic mass is 9.93. The largest absolute Gasteiger partial charge is 0.367 e. The molecule has 4 heteroatoms. The smallest absolute Gasteiger partial charge is 0.130 e. The average Bonchev–Trinajstić information content (AvgIpc) is 2.60. The topological polar surface area (TPSA) is 37.8 Å². The van der Waals surface area contributed by atoms with E-state index >= 15 is 0 Å².